The highest BCUT2D eigenvalue weighted by atomic mass is 35.5. The Morgan fingerprint density at radius 1 is 0.927 bits per heavy atom. The largest absolute Gasteiger partial charge is 0.497 e. The molecule has 7 rings (SSSR count). The van der Waals surface area contributed by atoms with E-state index in [-0.39, 0.29) is 17.3 Å². The Balaban J connectivity index is 1.57. The van der Waals surface area contributed by atoms with Crippen LogP contribution in [0.15, 0.2) is 84.3 Å². The Hall–Kier alpha value is -4.20. The Labute approximate surface area is 245 Å². The molecule has 1 unspecified atom stereocenters. The van der Waals surface area contributed by atoms with Crippen molar-refractivity contribution < 1.29 is 23.9 Å². The fraction of sp³-hybridized carbons (Fsp3) is 0.182. The molecule has 1 saturated heterocycles. The molecule has 3 atom stereocenters. The van der Waals surface area contributed by atoms with Gasteiger partial charge in [0.15, 0.2) is 17.3 Å². The summed E-state index contributed by atoms with van der Waals surface area (Å²) in [6.07, 6.45) is 3.78. The number of ether oxygens (including phenoxy) is 2. The lowest BCUT2D eigenvalue weighted by Gasteiger charge is -2.37. The summed E-state index contributed by atoms with van der Waals surface area (Å²) >= 11 is 7.70. The third kappa shape index (κ3) is 3.46. The van der Waals surface area contributed by atoms with Crippen LogP contribution in [0.5, 0.6) is 11.5 Å². The molecule has 0 radical (unpaired) electrons. The van der Waals surface area contributed by atoms with Crippen molar-refractivity contribution in [3.63, 3.8) is 0 Å². The van der Waals surface area contributed by atoms with E-state index >= 15 is 0 Å². The molecule has 3 aliphatic rings. The quantitative estimate of drug-likeness (QED) is 0.192. The molecule has 0 saturated carbocycles. The second-order valence-electron chi connectivity index (χ2n) is 10.4. The molecule has 4 aromatic rings. The van der Waals surface area contributed by atoms with Crippen LogP contribution in [0.4, 0.5) is 5.69 Å². The van der Waals surface area contributed by atoms with Crippen LogP contribution in [0.25, 0.3) is 6.08 Å². The smallest absolute Gasteiger partial charge is 0.195 e. The highest BCUT2D eigenvalue weighted by Gasteiger charge is 2.72. The first-order chi connectivity index (χ1) is 19.9. The zero-order valence-corrected chi connectivity index (χ0v) is 23.7. The maximum atomic E-state index is 14.7. The van der Waals surface area contributed by atoms with Crippen molar-refractivity contribution in [2.45, 2.75) is 18.0 Å². The third-order valence-corrected chi connectivity index (χ3v) is 9.69. The van der Waals surface area contributed by atoms with Crippen molar-refractivity contribution in [1.82, 2.24) is 0 Å². The molecule has 1 aromatic heterocycles. The number of anilines is 1. The first-order valence-corrected chi connectivity index (χ1v) is 14.4. The Morgan fingerprint density at radius 3 is 2.34 bits per heavy atom. The van der Waals surface area contributed by atoms with Crippen LogP contribution in [0.2, 0.25) is 5.02 Å². The number of hydrogen-bond acceptors (Lipinski definition) is 7. The van der Waals surface area contributed by atoms with Gasteiger partial charge < -0.3 is 14.4 Å². The number of rotatable bonds is 5. The fourth-order valence-corrected chi connectivity index (χ4v) is 7.81. The van der Waals surface area contributed by atoms with Gasteiger partial charge in [-0.2, -0.15) is 0 Å². The van der Waals surface area contributed by atoms with Gasteiger partial charge in [-0.05, 0) is 41.3 Å². The number of carbonyl (C=O) groups is 3. The Morgan fingerprint density at radius 2 is 1.68 bits per heavy atom. The van der Waals surface area contributed by atoms with Crippen LogP contribution in [-0.4, -0.2) is 43.7 Å². The van der Waals surface area contributed by atoms with Gasteiger partial charge in [0.05, 0.1) is 25.1 Å². The standard InChI is InChI=1S/C33H24ClNO5S/c1-39-20-11-12-23(25(17-20)40-2)28-29(30(36)26-8-5-15-41-26)35-24-13-10-19(34)16-18(24)9-14-27(35)33(28)31(37)21-6-3-4-7-22(21)32(33)38/h3-17,27-29H,1-2H3/t27?,28-,29+/m0/s1. The van der Waals surface area contributed by atoms with Crippen LogP contribution in [-0.2, 0) is 0 Å². The number of hydrogen-bond donors (Lipinski definition) is 0. The molecule has 204 valence electrons. The van der Waals surface area contributed by atoms with Gasteiger partial charge in [-0.15, -0.1) is 11.3 Å². The topological polar surface area (TPSA) is 72.9 Å². The maximum absolute atomic E-state index is 14.7. The van der Waals surface area contributed by atoms with E-state index in [9.17, 15) is 14.4 Å². The Bertz CT molecular complexity index is 1740. The van der Waals surface area contributed by atoms with Crippen molar-refractivity contribution in [2.75, 3.05) is 19.1 Å². The SMILES string of the molecule is COc1ccc([C@H]2[C@H](C(=O)c3cccs3)N3c4ccc(Cl)cc4C=CC3C23C(=O)c2ccccc2C3=O)c(OC)c1. The summed E-state index contributed by atoms with van der Waals surface area (Å²) < 4.78 is 11.3. The molecule has 8 heteroatoms. The molecule has 1 fully saturated rings. The number of methoxy groups -OCH3 is 2. The summed E-state index contributed by atoms with van der Waals surface area (Å²) in [7, 11) is 3.09. The fourth-order valence-electron chi connectivity index (χ4n) is 6.93. The molecule has 3 heterocycles. The number of carbonyl (C=O) groups excluding carboxylic acids is 3. The molecule has 0 bridgehead atoms. The van der Waals surface area contributed by atoms with Gasteiger partial charge in [-0.25, -0.2) is 0 Å². The number of halogens is 1. The first-order valence-electron chi connectivity index (χ1n) is 13.2. The van der Waals surface area contributed by atoms with E-state index in [1.54, 1.807) is 55.6 Å². The number of benzene rings is 3. The number of thiophene rings is 1. The normalized spacial score (nSPS) is 21.5. The van der Waals surface area contributed by atoms with Crippen molar-refractivity contribution >= 4 is 52.1 Å². The second-order valence-corrected chi connectivity index (χ2v) is 11.7. The predicted octanol–water partition coefficient (Wildman–Crippen LogP) is 6.74. The first kappa shape index (κ1) is 25.7. The van der Waals surface area contributed by atoms with Gasteiger partial charge >= 0.3 is 0 Å². The molecule has 0 N–H and O–H groups in total. The zero-order valence-electron chi connectivity index (χ0n) is 22.2. The summed E-state index contributed by atoms with van der Waals surface area (Å²) in [6, 6.07) is 19.7. The monoisotopic (exact) mass is 581 g/mol. The molecule has 6 nitrogen and oxygen atoms in total. The molecule has 2 aliphatic heterocycles. The summed E-state index contributed by atoms with van der Waals surface area (Å²) in [4.78, 5) is 46.6. The van der Waals surface area contributed by atoms with Crippen molar-refractivity contribution in [3.05, 3.63) is 116 Å². The van der Waals surface area contributed by atoms with Gasteiger partial charge in [-0.1, -0.05) is 60.2 Å². The van der Waals surface area contributed by atoms with E-state index in [0.29, 0.717) is 38.1 Å². The molecule has 0 amide bonds. The van der Waals surface area contributed by atoms with Crippen molar-refractivity contribution in [3.8, 4) is 11.5 Å². The third-order valence-electron chi connectivity index (χ3n) is 8.57. The predicted molar refractivity (Wildman–Crippen MR) is 159 cm³/mol. The number of Topliss-reactive ketones (excluding diaryl/α,β-unsaturated/α-hetero) is 3. The van der Waals surface area contributed by atoms with E-state index < -0.39 is 23.4 Å². The van der Waals surface area contributed by atoms with Crippen LogP contribution < -0.4 is 14.4 Å². The summed E-state index contributed by atoms with van der Waals surface area (Å²) in [6.45, 7) is 0. The highest BCUT2D eigenvalue weighted by Crippen LogP contribution is 2.62. The average Bonchev–Trinajstić information content (AvgIpc) is 3.70. The molecule has 41 heavy (non-hydrogen) atoms. The van der Waals surface area contributed by atoms with E-state index in [2.05, 4.69) is 0 Å². The Kier molecular flexibility index (Phi) is 5.92. The maximum Gasteiger partial charge on any atom is 0.195 e. The number of fused-ring (bicyclic) bond motifs is 5. The van der Waals surface area contributed by atoms with Crippen LogP contribution in [0.3, 0.4) is 0 Å². The number of nitrogens with zero attached hydrogens (tertiary/aromatic N) is 1. The van der Waals surface area contributed by atoms with E-state index in [1.807, 2.05) is 46.7 Å². The van der Waals surface area contributed by atoms with E-state index in [4.69, 9.17) is 21.1 Å². The van der Waals surface area contributed by atoms with E-state index in [0.717, 1.165) is 11.3 Å². The lowest BCUT2D eigenvalue weighted by molar-refractivity contribution is 0.0665. The highest BCUT2D eigenvalue weighted by molar-refractivity contribution is 7.12. The van der Waals surface area contributed by atoms with Gasteiger partial charge in [0.2, 0.25) is 0 Å². The number of ketones is 3. The van der Waals surface area contributed by atoms with Gasteiger partial charge in [0, 0.05) is 39.4 Å². The van der Waals surface area contributed by atoms with Gasteiger partial charge in [0.25, 0.3) is 0 Å². The summed E-state index contributed by atoms with van der Waals surface area (Å²) in [5.41, 5.74) is 1.27. The minimum absolute atomic E-state index is 0.169. The van der Waals surface area contributed by atoms with Crippen LogP contribution in [0, 0.1) is 5.41 Å². The molecule has 1 aliphatic carbocycles. The van der Waals surface area contributed by atoms with Crippen LogP contribution >= 0.6 is 22.9 Å². The zero-order chi connectivity index (χ0) is 28.5. The molecule has 3 aromatic carbocycles. The summed E-state index contributed by atoms with van der Waals surface area (Å²) in [5, 5.41) is 2.40. The van der Waals surface area contributed by atoms with Gasteiger partial charge in [-0.3, -0.25) is 14.4 Å². The van der Waals surface area contributed by atoms with Crippen molar-refractivity contribution in [2.24, 2.45) is 5.41 Å². The second kappa shape index (κ2) is 9.43. The lowest BCUT2D eigenvalue weighted by Crippen LogP contribution is -2.48. The van der Waals surface area contributed by atoms with Gasteiger partial charge in [0.1, 0.15) is 23.0 Å². The molecular weight excluding hydrogens is 558 g/mol. The average molecular weight is 582 g/mol. The minimum atomic E-state index is -1.61. The molecule has 1 spiro atoms. The minimum Gasteiger partial charge on any atom is -0.497 e. The summed E-state index contributed by atoms with van der Waals surface area (Å²) in [5.74, 6) is -0.628. The molecular formula is C33H24ClNO5S. The lowest BCUT2D eigenvalue weighted by atomic mass is 9.64. The van der Waals surface area contributed by atoms with Crippen molar-refractivity contribution in [1.29, 1.82) is 0 Å². The van der Waals surface area contributed by atoms with E-state index in [1.165, 1.54) is 18.4 Å². The van der Waals surface area contributed by atoms with Crippen LogP contribution in [0.1, 0.15) is 47.4 Å².